The minimum absolute atomic E-state index is 0.131. The first kappa shape index (κ1) is 10.5. The van der Waals surface area contributed by atoms with Crippen LogP contribution in [0.2, 0.25) is 5.02 Å². The topological polar surface area (TPSA) is 72.3 Å². The van der Waals surface area contributed by atoms with Gasteiger partial charge in [0, 0.05) is 11.6 Å². The molecule has 0 aliphatic heterocycles. The molecule has 3 nitrogen and oxygen atoms in total. The maximum atomic E-state index is 9.40. The SMILES string of the molecule is NCC(O)C(N)c1ccccc1Cl. The summed E-state index contributed by atoms with van der Waals surface area (Å²) in [5.41, 5.74) is 11.7. The van der Waals surface area contributed by atoms with Crippen molar-refractivity contribution in [2.45, 2.75) is 12.1 Å². The van der Waals surface area contributed by atoms with Gasteiger partial charge in [-0.15, -0.1) is 0 Å². The van der Waals surface area contributed by atoms with Crippen LogP contribution >= 0.6 is 11.6 Å². The number of halogens is 1. The third-order valence-corrected chi connectivity index (χ3v) is 2.26. The van der Waals surface area contributed by atoms with Crippen LogP contribution in [0.1, 0.15) is 11.6 Å². The van der Waals surface area contributed by atoms with Crippen molar-refractivity contribution in [2.75, 3.05) is 6.54 Å². The molecule has 0 saturated carbocycles. The molecule has 1 aromatic rings. The van der Waals surface area contributed by atoms with Gasteiger partial charge in [0.1, 0.15) is 0 Å². The summed E-state index contributed by atoms with van der Waals surface area (Å²) in [6.45, 7) is 0.131. The van der Waals surface area contributed by atoms with E-state index in [1.807, 2.05) is 12.1 Å². The fourth-order valence-corrected chi connectivity index (χ4v) is 1.36. The van der Waals surface area contributed by atoms with Crippen LogP contribution in [-0.4, -0.2) is 17.8 Å². The van der Waals surface area contributed by atoms with Gasteiger partial charge in [0.2, 0.25) is 0 Å². The predicted octanol–water partition coefficient (Wildman–Crippen LogP) is 0.659. The van der Waals surface area contributed by atoms with Gasteiger partial charge in [-0.25, -0.2) is 0 Å². The average Bonchev–Trinajstić information content (AvgIpc) is 2.16. The predicted molar refractivity (Wildman–Crippen MR) is 53.4 cm³/mol. The Morgan fingerprint density at radius 1 is 1.38 bits per heavy atom. The van der Waals surface area contributed by atoms with Crippen LogP contribution in [0, 0.1) is 0 Å². The van der Waals surface area contributed by atoms with E-state index in [-0.39, 0.29) is 6.54 Å². The number of aliphatic hydroxyl groups is 1. The van der Waals surface area contributed by atoms with E-state index in [1.54, 1.807) is 12.1 Å². The molecule has 1 rings (SSSR count). The first-order chi connectivity index (χ1) is 6.16. The van der Waals surface area contributed by atoms with Crippen molar-refractivity contribution >= 4 is 11.6 Å². The van der Waals surface area contributed by atoms with Gasteiger partial charge in [0.25, 0.3) is 0 Å². The van der Waals surface area contributed by atoms with Crippen molar-refractivity contribution < 1.29 is 5.11 Å². The monoisotopic (exact) mass is 200 g/mol. The summed E-state index contributed by atoms with van der Waals surface area (Å²) in [5.74, 6) is 0. The first-order valence-electron chi connectivity index (χ1n) is 4.05. The van der Waals surface area contributed by atoms with Gasteiger partial charge in [-0.2, -0.15) is 0 Å². The molecule has 5 N–H and O–H groups in total. The summed E-state index contributed by atoms with van der Waals surface area (Å²) < 4.78 is 0. The van der Waals surface area contributed by atoms with E-state index in [9.17, 15) is 5.11 Å². The maximum Gasteiger partial charge on any atom is 0.0855 e. The summed E-state index contributed by atoms with van der Waals surface area (Å²) in [6, 6.07) is 6.64. The second kappa shape index (κ2) is 4.58. The minimum Gasteiger partial charge on any atom is -0.390 e. The summed E-state index contributed by atoms with van der Waals surface area (Å²) in [7, 11) is 0. The lowest BCUT2D eigenvalue weighted by molar-refractivity contribution is 0.153. The van der Waals surface area contributed by atoms with Crippen LogP contribution in [0.5, 0.6) is 0 Å². The number of nitrogens with two attached hydrogens (primary N) is 2. The summed E-state index contributed by atoms with van der Waals surface area (Å²) in [4.78, 5) is 0. The lowest BCUT2D eigenvalue weighted by Crippen LogP contribution is -2.32. The van der Waals surface area contributed by atoms with Crippen LogP contribution in [0.15, 0.2) is 24.3 Å². The number of benzene rings is 1. The maximum absolute atomic E-state index is 9.40. The molecule has 0 amide bonds. The smallest absolute Gasteiger partial charge is 0.0855 e. The molecule has 0 saturated heterocycles. The Hall–Kier alpha value is -0.610. The molecule has 1 aromatic carbocycles. The van der Waals surface area contributed by atoms with E-state index in [0.29, 0.717) is 5.02 Å². The van der Waals surface area contributed by atoms with Gasteiger partial charge in [0.05, 0.1) is 12.1 Å². The van der Waals surface area contributed by atoms with E-state index >= 15 is 0 Å². The number of rotatable bonds is 3. The minimum atomic E-state index is -0.750. The Kier molecular flexibility index (Phi) is 3.69. The quantitative estimate of drug-likeness (QED) is 0.671. The summed E-state index contributed by atoms with van der Waals surface area (Å²) in [5, 5.41) is 9.95. The van der Waals surface area contributed by atoms with Gasteiger partial charge >= 0.3 is 0 Å². The Morgan fingerprint density at radius 3 is 2.54 bits per heavy atom. The highest BCUT2D eigenvalue weighted by Crippen LogP contribution is 2.22. The molecule has 0 bridgehead atoms. The highest BCUT2D eigenvalue weighted by Gasteiger charge is 2.16. The lowest BCUT2D eigenvalue weighted by Gasteiger charge is -2.18. The molecule has 72 valence electrons. The molecule has 0 aliphatic carbocycles. The number of hydrogen-bond acceptors (Lipinski definition) is 3. The van der Waals surface area contributed by atoms with Crippen LogP contribution in [-0.2, 0) is 0 Å². The molecule has 0 aromatic heterocycles. The van der Waals surface area contributed by atoms with Gasteiger partial charge < -0.3 is 16.6 Å². The van der Waals surface area contributed by atoms with Crippen molar-refractivity contribution in [1.29, 1.82) is 0 Å². The summed E-state index contributed by atoms with van der Waals surface area (Å²) >= 11 is 5.89. The highest BCUT2D eigenvalue weighted by atomic mass is 35.5. The first-order valence-corrected chi connectivity index (χ1v) is 4.42. The standard InChI is InChI=1S/C9H13ClN2O/c10-7-4-2-1-3-6(7)9(12)8(13)5-11/h1-4,8-9,13H,5,11-12H2. The van der Waals surface area contributed by atoms with E-state index < -0.39 is 12.1 Å². The normalized spacial score (nSPS) is 15.4. The largest absolute Gasteiger partial charge is 0.390 e. The van der Waals surface area contributed by atoms with Crippen molar-refractivity contribution in [3.05, 3.63) is 34.9 Å². The molecule has 0 heterocycles. The second-order valence-corrected chi connectivity index (χ2v) is 3.26. The highest BCUT2D eigenvalue weighted by molar-refractivity contribution is 6.31. The molecule has 0 aliphatic rings. The van der Waals surface area contributed by atoms with Gasteiger partial charge in [0.15, 0.2) is 0 Å². The third-order valence-electron chi connectivity index (χ3n) is 1.92. The van der Waals surface area contributed by atoms with E-state index in [4.69, 9.17) is 23.1 Å². The fraction of sp³-hybridized carbons (Fsp3) is 0.333. The lowest BCUT2D eigenvalue weighted by atomic mass is 10.0. The average molecular weight is 201 g/mol. The molecular formula is C9H13ClN2O. The Labute approximate surface area is 82.3 Å². The zero-order valence-corrected chi connectivity index (χ0v) is 7.91. The molecule has 13 heavy (non-hydrogen) atoms. The van der Waals surface area contributed by atoms with E-state index in [0.717, 1.165) is 5.56 Å². The zero-order chi connectivity index (χ0) is 9.84. The van der Waals surface area contributed by atoms with Crippen LogP contribution in [0.3, 0.4) is 0 Å². The van der Waals surface area contributed by atoms with Crippen molar-refractivity contribution in [1.82, 2.24) is 0 Å². The van der Waals surface area contributed by atoms with Crippen LogP contribution in [0.25, 0.3) is 0 Å². The number of hydrogen-bond donors (Lipinski definition) is 3. The van der Waals surface area contributed by atoms with Gasteiger partial charge in [-0.05, 0) is 11.6 Å². The van der Waals surface area contributed by atoms with Crippen LogP contribution in [0.4, 0.5) is 0 Å². The van der Waals surface area contributed by atoms with Gasteiger partial charge in [-0.3, -0.25) is 0 Å². The molecule has 0 spiro atoms. The van der Waals surface area contributed by atoms with E-state index in [1.165, 1.54) is 0 Å². The molecule has 0 fully saturated rings. The number of aliphatic hydroxyl groups excluding tert-OH is 1. The fourth-order valence-electron chi connectivity index (χ4n) is 1.10. The van der Waals surface area contributed by atoms with Crippen molar-refractivity contribution in [3.8, 4) is 0 Å². The molecular weight excluding hydrogens is 188 g/mol. The Balaban J connectivity index is 2.88. The van der Waals surface area contributed by atoms with Crippen LogP contribution < -0.4 is 11.5 Å². The van der Waals surface area contributed by atoms with Crippen molar-refractivity contribution in [3.63, 3.8) is 0 Å². The molecule has 0 radical (unpaired) electrons. The molecule has 4 heteroatoms. The zero-order valence-electron chi connectivity index (χ0n) is 7.15. The Morgan fingerprint density at radius 2 is 2.00 bits per heavy atom. The van der Waals surface area contributed by atoms with E-state index in [2.05, 4.69) is 0 Å². The summed E-state index contributed by atoms with van der Waals surface area (Å²) in [6.07, 6.45) is -0.750. The second-order valence-electron chi connectivity index (χ2n) is 2.85. The Bertz CT molecular complexity index is 280. The third kappa shape index (κ3) is 2.42. The molecule has 2 unspecified atom stereocenters. The van der Waals surface area contributed by atoms with Crippen molar-refractivity contribution in [2.24, 2.45) is 11.5 Å². The van der Waals surface area contributed by atoms with Gasteiger partial charge in [-0.1, -0.05) is 29.8 Å². The molecule has 2 atom stereocenters.